The normalized spacial score (nSPS) is 13.8. The van der Waals surface area contributed by atoms with E-state index in [-0.39, 0.29) is 15.7 Å². The first-order chi connectivity index (χ1) is 8.45. The summed E-state index contributed by atoms with van der Waals surface area (Å²) in [5.74, 6) is 1.89. The fourth-order valence-electron chi connectivity index (χ4n) is 1.69. The predicted octanol–water partition coefficient (Wildman–Crippen LogP) is 0.107. The minimum atomic E-state index is -0.889. The van der Waals surface area contributed by atoms with Gasteiger partial charge in [-0.2, -0.15) is 0 Å². The largest absolute Gasteiger partial charge is 0.299 e. The highest BCUT2D eigenvalue weighted by Gasteiger charge is 2.38. The quantitative estimate of drug-likeness (QED) is 0.350. The SMILES string of the molecule is NNC(=O)CN1C(=O)C(=O)c2cc(F)cc(Br)c21. The minimum Gasteiger partial charge on any atom is -0.294 e. The summed E-state index contributed by atoms with van der Waals surface area (Å²) in [6.45, 7) is -0.404. The van der Waals surface area contributed by atoms with Crippen LogP contribution in [0.1, 0.15) is 10.4 Å². The average molecular weight is 316 g/mol. The van der Waals surface area contributed by atoms with E-state index in [0.717, 1.165) is 17.0 Å². The van der Waals surface area contributed by atoms with Gasteiger partial charge in [0.1, 0.15) is 12.4 Å². The maximum Gasteiger partial charge on any atom is 0.299 e. The number of carbonyl (C=O) groups excluding carboxylic acids is 3. The minimum absolute atomic E-state index is 0.0725. The van der Waals surface area contributed by atoms with Gasteiger partial charge in [0.25, 0.3) is 17.6 Å². The Balaban J connectivity index is 2.51. The second-order valence-electron chi connectivity index (χ2n) is 3.57. The van der Waals surface area contributed by atoms with Gasteiger partial charge in [-0.25, -0.2) is 10.2 Å². The average Bonchev–Trinajstić information content (AvgIpc) is 2.54. The van der Waals surface area contributed by atoms with Crippen molar-refractivity contribution in [1.29, 1.82) is 0 Å². The van der Waals surface area contributed by atoms with E-state index < -0.39 is 30.0 Å². The van der Waals surface area contributed by atoms with E-state index in [0.29, 0.717) is 0 Å². The van der Waals surface area contributed by atoms with Crippen molar-refractivity contribution in [2.24, 2.45) is 5.84 Å². The zero-order chi connectivity index (χ0) is 13.4. The summed E-state index contributed by atoms with van der Waals surface area (Å²) >= 11 is 3.06. The van der Waals surface area contributed by atoms with Crippen molar-refractivity contribution in [3.8, 4) is 0 Å². The molecule has 0 fully saturated rings. The zero-order valence-electron chi connectivity index (χ0n) is 8.87. The van der Waals surface area contributed by atoms with E-state index >= 15 is 0 Å². The first-order valence-corrected chi connectivity index (χ1v) is 5.59. The monoisotopic (exact) mass is 315 g/mol. The van der Waals surface area contributed by atoms with Crippen molar-refractivity contribution in [3.05, 3.63) is 28.0 Å². The fraction of sp³-hybridized carbons (Fsp3) is 0.100. The molecule has 3 N–H and O–H groups in total. The number of rotatable bonds is 2. The van der Waals surface area contributed by atoms with Crippen LogP contribution in [0.5, 0.6) is 0 Å². The van der Waals surface area contributed by atoms with Crippen molar-refractivity contribution in [2.75, 3.05) is 11.4 Å². The summed E-state index contributed by atoms with van der Waals surface area (Å²) in [6.07, 6.45) is 0. The van der Waals surface area contributed by atoms with Crippen LogP contribution in [-0.4, -0.2) is 24.1 Å². The first-order valence-electron chi connectivity index (χ1n) is 4.80. The number of fused-ring (bicyclic) bond motifs is 1. The fourth-order valence-corrected chi connectivity index (χ4v) is 2.34. The third-order valence-corrected chi connectivity index (χ3v) is 3.05. The number of hydrogen-bond acceptors (Lipinski definition) is 4. The standard InChI is InChI=1S/C10H7BrFN3O3/c11-6-2-4(12)1-5-8(6)15(3-7(16)14-13)10(18)9(5)17/h1-2H,3,13H2,(H,14,16). The van der Waals surface area contributed by atoms with Gasteiger partial charge in [0.05, 0.1) is 11.3 Å². The number of benzene rings is 1. The molecule has 1 heterocycles. The van der Waals surface area contributed by atoms with E-state index in [4.69, 9.17) is 5.84 Å². The van der Waals surface area contributed by atoms with Gasteiger partial charge >= 0.3 is 0 Å². The third-order valence-electron chi connectivity index (χ3n) is 2.44. The van der Waals surface area contributed by atoms with Crippen LogP contribution in [0.4, 0.5) is 10.1 Å². The third kappa shape index (κ3) is 1.89. The summed E-state index contributed by atoms with van der Waals surface area (Å²) in [5.41, 5.74) is 1.96. The van der Waals surface area contributed by atoms with Crippen LogP contribution in [-0.2, 0) is 9.59 Å². The second-order valence-corrected chi connectivity index (χ2v) is 4.43. The molecule has 2 rings (SSSR count). The Labute approximate surface area is 109 Å². The number of amides is 2. The summed E-state index contributed by atoms with van der Waals surface area (Å²) in [5, 5.41) is 0. The van der Waals surface area contributed by atoms with Gasteiger partial charge in [0.15, 0.2) is 0 Å². The molecule has 94 valence electrons. The van der Waals surface area contributed by atoms with E-state index in [9.17, 15) is 18.8 Å². The lowest BCUT2D eigenvalue weighted by Gasteiger charge is -2.16. The molecule has 2 amide bonds. The van der Waals surface area contributed by atoms with Crippen molar-refractivity contribution in [2.45, 2.75) is 0 Å². The molecule has 18 heavy (non-hydrogen) atoms. The molecule has 6 nitrogen and oxygen atoms in total. The summed E-state index contributed by atoms with van der Waals surface area (Å²) in [6, 6.07) is 2.07. The molecule has 0 aliphatic carbocycles. The Hall–Kier alpha value is -1.80. The molecule has 1 aromatic carbocycles. The van der Waals surface area contributed by atoms with E-state index in [1.54, 1.807) is 0 Å². The van der Waals surface area contributed by atoms with Gasteiger partial charge < -0.3 is 0 Å². The van der Waals surface area contributed by atoms with Crippen LogP contribution in [0.2, 0.25) is 0 Å². The van der Waals surface area contributed by atoms with Gasteiger partial charge in [-0.1, -0.05) is 0 Å². The molecular formula is C10H7BrFN3O3. The van der Waals surface area contributed by atoms with Crippen LogP contribution in [0.15, 0.2) is 16.6 Å². The number of nitrogens with zero attached hydrogens (tertiary/aromatic N) is 1. The Kier molecular flexibility index (Phi) is 3.14. The van der Waals surface area contributed by atoms with Gasteiger partial charge in [-0.15, -0.1) is 0 Å². The van der Waals surface area contributed by atoms with E-state index in [1.807, 2.05) is 5.43 Å². The van der Waals surface area contributed by atoms with Gasteiger partial charge in [-0.3, -0.25) is 24.7 Å². The summed E-state index contributed by atoms with van der Waals surface area (Å²) < 4.78 is 13.4. The lowest BCUT2D eigenvalue weighted by Crippen LogP contribution is -2.42. The van der Waals surface area contributed by atoms with E-state index in [2.05, 4.69) is 15.9 Å². The molecule has 1 aromatic rings. The molecule has 0 atom stereocenters. The molecular weight excluding hydrogens is 309 g/mol. The van der Waals surface area contributed by atoms with Crippen molar-refractivity contribution < 1.29 is 18.8 Å². The van der Waals surface area contributed by atoms with Crippen LogP contribution in [0.25, 0.3) is 0 Å². The number of anilines is 1. The van der Waals surface area contributed by atoms with Crippen molar-refractivity contribution in [3.63, 3.8) is 0 Å². The highest BCUT2D eigenvalue weighted by Crippen LogP contribution is 2.36. The molecule has 8 heteroatoms. The number of carbonyl (C=O) groups is 3. The maximum atomic E-state index is 13.2. The molecule has 0 aromatic heterocycles. The number of hydrogen-bond donors (Lipinski definition) is 2. The number of halogens is 2. The summed E-state index contributed by atoms with van der Waals surface area (Å²) in [4.78, 5) is 35.5. The molecule has 1 aliphatic heterocycles. The Morgan fingerprint density at radius 3 is 2.72 bits per heavy atom. The van der Waals surface area contributed by atoms with Crippen LogP contribution in [0.3, 0.4) is 0 Å². The van der Waals surface area contributed by atoms with E-state index in [1.165, 1.54) is 0 Å². The highest BCUT2D eigenvalue weighted by atomic mass is 79.9. The van der Waals surface area contributed by atoms with Gasteiger partial charge in [0.2, 0.25) is 0 Å². The second kappa shape index (κ2) is 4.46. The van der Waals surface area contributed by atoms with Gasteiger partial charge in [-0.05, 0) is 28.1 Å². The van der Waals surface area contributed by atoms with Crippen molar-refractivity contribution in [1.82, 2.24) is 5.43 Å². The Bertz CT molecular complexity index is 576. The molecule has 1 aliphatic rings. The molecule has 0 unspecified atom stereocenters. The van der Waals surface area contributed by atoms with Gasteiger partial charge in [0, 0.05) is 4.47 Å². The molecule has 0 saturated heterocycles. The lowest BCUT2D eigenvalue weighted by molar-refractivity contribution is -0.122. The predicted molar refractivity (Wildman–Crippen MR) is 63.1 cm³/mol. The Morgan fingerprint density at radius 2 is 2.11 bits per heavy atom. The zero-order valence-corrected chi connectivity index (χ0v) is 10.5. The molecule has 0 bridgehead atoms. The number of nitrogens with one attached hydrogen (secondary N) is 1. The number of ketones is 1. The lowest BCUT2D eigenvalue weighted by atomic mass is 10.1. The number of hydrazine groups is 1. The smallest absolute Gasteiger partial charge is 0.294 e. The topological polar surface area (TPSA) is 92.5 Å². The highest BCUT2D eigenvalue weighted by molar-refractivity contribution is 9.10. The van der Waals surface area contributed by atoms with Crippen LogP contribution >= 0.6 is 15.9 Å². The summed E-state index contributed by atoms with van der Waals surface area (Å²) in [7, 11) is 0. The molecule has 0 saturated carbocycles. The molecule has 0 spiro atoms. The maximum absolute atomic E-state index is 13.2. The number of Topliss-reactive ketones (excluding diaryl/α,β-unsaturated/α-hetero) is 1. The van der Waals surface area contributed by atoms with Crippen LogP contribution in [0, 0.1) is 5.82 Å². The Morgan fingerprint density at radius 1 is 1.44 bits per heavy atom. The molecule has 0 radical (unpaired) electrons. The number of nitrogens with two attached hydrogens (primary N) is 1. The van der Waals surface area contributed by atoms with Crippen LogP contribution < -0.4 is 16.2 Å². The first kappa shape index (κ1) is 12.7. The van der Waals surface area contributed by atoms with Crippen molar-refractivity contribution >= 4 is 39.2 Å².